The Morgan fingerprint density at radius 2 is 1.51 bits per heavy atom. The lowest BCUT2D eigenvalue weighted by atomic mass is 10.00. The molecular formula is C34H39N5. The van der Waals surface area contributed by atoms with Crippen LogP contribution in [0.1, 0.15) is 66.1 Å². The SMILES string of the molecule is CCc1ccc(Cn2c(CCc3ccccc3)nnc2[C@@H](Cc2c[nH]c3ccccc23)N2CCCCC2)cc1. The van der Waals surface area contributed by atoms with Crippen LogP contribution in [0.4, 0.5) is 0 Å². The highest BCUT2D eigenvalue weighted by molar-refractivity contribution is 5.83. The van der Waals surface area contributed by atoms with Crippen LogP contribution in [-0.4, -0.2) is 37.7 Å². The number of likely N-dealkylation sites (tertiary alicyclic amines) is 1. The highest BCUT2D eigenvalue weighted by Gasteiger charge is 2.29. The van der Waals surface area contributed by atoms with Crippen LogP contribution in [-0.2, 0) is 32.2 Å². The first-order valence-corrected chi connectivity index (χ1v) is 14.6. The Morgan fingerprint density at radius 3 is 2.31 bits per heavy atom. The number of para-hydroxylation sites is 1. The van der Waals surface area contributed by atoms with Gasteiger partial charge in [0.1, 0.15) is 5.82 Å². The second kappa shape index (κ2) is 12.0. The molecular weight excluding hydrogens is 478 g/mol. The molecule has 6 rings (SSSR count). The van der Waals surface area contributed by atoms with Crippen molar-refractivity contribution in [1.29, 1.82) is 0 Å². The predicted octanol–water partition coefficient (Wildman–Crippen LogP) is 6.93. The Labute approximate surface area is 231 Å². The molecule has 1 aliphatic rings. The number of hydrogen-bond acceptors (Lipinski definition) is 3. The van der Waals surface area contributed by atoms with E-state index in [-0.39, 0.29) is 6.04 Å². The summed E-state index contributed by atoms with van der Waals surface area (Å²) in [6, 6.07) is 28.6. The van der Waals surface area contributed by atoms with Gasteiger partial charge in [-0.15, -0.1) is 10.2 Å². The van der Waals surface area contributed by atoms with Crippen LogP contribution in [0.5, 0.6) is 0 Å². The van der Waals surface area contributed by atoms with Gasteiger partial charge in [0.05, 0.1) is 12.6 Å². The van der Waals surface area contributed by atoms with Gasteiger partial charge in [-0.1, -0.05) is 86.1 Å². The lowest BCUT2D eigenvalue weighted by Crippen LogP contribution is -2.36. The van der Waals surface area contributed by atoms with Crippen LogP contribution < -0.4 is 0 Å². The third-order valence-electron chi connectivity index (χ3n) is 8.33. The summed E-state index contributed by atoms with van der Waals surface area (Å²) in [5.41, 5.74) is 6.57. The van der Waals surface area contributed by atoms with Crippen molar-refractivity contribution in [3.05, 3.63) is 119 Å². The summed E-state index contributed by atoms with van der Waals surface area (Å²) in [5, 5.41) is 11.1. The number of aromatic amines is 1. The zero-order chi connectivity index (χ0) is 26.4. The summed E-state index contributed by atoms with van der Waals surface area (Å²) in [4.78, 5) is 6.16. The average Bonchev–Trinajstić information content (AvgIpc) is 3.60. The first-order valence-electron chi connectivity index (χ1n) is 14.6. The average molecular weight is 518 g/mol. The Bertz CT molecular complexity index is 1480. The molecule has 200 valence electrons. The smallest absolute Gasteiger partial charge is 0.151 e. The van der Waals surface area contributed by atoms with Crippen molar-refractivity contribution in [2.75, 3.05) is 13.1 Å². The Balaban J connectivity index is 1.37. The van der Waals surface area contributed by atoms with Gasteiger partial charge in [-0.2, -0.15) is 0 Å². The van der Waals surface area contributed by atoms with Crippen molar-refractivity contribution in [2.45, 2.75) is 64.5 Å². The number of nitrogens with zero attached hydrogens (tertiary/aromatic N) is 4. The summed E-state index contributed by atoms with van der Waals surface area (Å²) in [5.74, 6) is 2.18. The number of nitrogens with one attached hydrogen (secondary N) is 1. The number of hydrogen-bond donors (Lipinski definition) is 1. The number of fused-ring (bicyclic) bond motifs is 1. The highest BCUT2D eigenvalue weighted by Crippen LogP contribution is 2.31. The molecule has 3 heterocycles. The van der Waals surface area contributed by atoms with Crippen molar-refractivity contribution in [3.63, 3.8) is 0 Å². The van der Waals surface area contributed by atoms with Gasteiger partial charge in [0.15, 0.2) is 5.82 Å². The maximum Gasteiger partial charge on any atom is 0.151 e. The fraction of sp³-hybridized carbons (Fsp3) is 0.353. The highest BCUT2D eigenvalue weighted by atomic mass is 15.3. The molecule has 1 N–H and O–H groups in total. The fourth-order valence-electron chi connectivity index (χ4n) is 6.04. The monoisotopic (exact) mass is 517 g/mol. The molecule has 3 aromatic carbocycles. The number of aromatic nitrogens is 4. The van der Waals surface area contributed by atoms with Crippen LogP contribution in [0.25, 0.3) is 10.9 Å². The van der Waals surface area contributed by atoms with E-state index in [1.807, 2.05) is 0 Å². The summed E-state index contributed by atoms with van der Waals surface area (Å²) in [6.45, 7) is 5.24. The van der Waals surface area contributed by atoms with Gasteiger partial charge in [0, 0.05) is 23.5 Å². The molecule has 1 aliphatic heterocycles. The van der Waals surface area contributed by atoms with E-state index < -0.39 is 0 Å². The van der Waals surface area contributed by atoms with Gasteiger partial charge >= 0.3 is 0 Å². The normalized spacial score (nSPS) is 15.1. The quantitative estimate of drug-likeness (QED) is 0.219. The van der Waals surface area contributed by atoms with E-state index in [9.17, 15) is 0 Å². The van der Waals surface area contributed by atoms with Crippen molar-refractivity contribution in [1.82, 2.24) is 24.6 Å². The number of H-pyrrole nitrogens is 1. The van der Waals surface area contributed by atoms with E-state index >= 15 is 0 Å². The summed E-state index contributed by atoms with van der Waals surface area (Å²) < 4.78 is 2.43. The molecule has 0 aliphatic carbocycles. The number of benzene rings is 3. The Kier molecular flexibility index (Phi) is 7.87. The number of aryl methyl sites for hydroxylation is 3. The second-order valence-electron chi connectivity index (χ2n) is 10.9. The molecule has 1 atom stereocenters. The van der Waals surface area contributed by atoms with E-state index in [0.29, 0.717) is 0 Å². The summed E-state index contributed by atoms with van der Waals surface area (Å²) in [6.07, 6.45) is 9.83. The maximum atomic E-state index is 4.96. The van der Waals surface area contributed by atoms with Gasteiger partial charge in [-0.25, -0.2) is 0 Å². The number of rotatable bonds is 10. The van der Waals surface area contributed by atoms with Gasteiger partial charge < -0.3 is 9.55 Å². The first-order chi connectivity index (χ1) is 19.3. The molecule has 5 aromatic rings. The van der Waals surface area contributed by atoms with Crippen molar-refractivity contribution < 1.29 is 0 Å². The fourth-order valence-corrected chi connectivity index (χ4v) is 6.04. The van der Waals surface area contributed by atoms with Gasteiger partial charge in [-0.3, -0.25) is 4.90 Å². The molecule has 2 aromatic heterocycles. The lowest BCUT2D eigenvalue weighted by Gasteiger charge is -2.34. The Hall–Kier alpha value is -3.70. The van der Waals surface area contributed by atoms with Crippen LogP contribution in [0.3, 0.4) is 0 Å². The van der Waals surface area contributed by atoms with Gasteiger partial charge in [0.25, 0.3) is 0 Å². The molecule has 5 heteroatoms. The van der Waals surface area contributed by atoms with Crippen LogP contribution in [0.2, 0.25) is 0 Å². The second-order valence-corrected chi connectivity index (χ2v) is 10.9. The third-order valence-corrected chi connectivity index (χ3v) is 8.33. The van der Waals surface area contributed by atoms with Crippen molar-refractivity contribution in [3.8, 4) is 0 Å². The molecule has 1 saturated heterocycles. The topological polar surface area (TPSA) is 49.7 Å². The molecule has 5 nitrogen and oxygen atoms in total. The zero-order valence-electron chi connectivity index (χ0n) is 23.0. The van der Waals surface area contributed by atoms with Crippen LogP contribution >= 0.6 is 0 Å². The minimum absolute atomic E-state index is 0.192. The minimum atomic E-state index is 0.192. The third kappa shape index (κ3) is 5.84. The maximum absolute atomic E-state index is 4.96. The molecule has 39 heavy (non-hydrogen) atoms. The molecule has 1 fully saturated rings. The molecule has 0 unspecified atom stereocenters. The van der Waals surface area contributed by atoms with Gasteiger partial charge in [0.2, 0.25) is 0 Å². The Morgan fingerprint density at radius 1 is 0.769 bits per heavy atom. The van der Waals surface area contributed by atoms with Crippen molar-refractivity contribution in [2.24, 2.45) is 0 Å². The number of piperidine rings is 1. The van der Waals surface area contributed by atoms with Crippen LogP contribution in [0, 0.1) is 0 Å². The van der Waals surface area contributed by atoms with E-state index in [1.54, 1.807) is 0 Å². The van der Waals surface area contributed by atoms with E-state index in [1.165, 1.54) is 52.4 Å². The molecule has 0 amide bonds. The van der Waals surface area contributed by atoms with E-state index in [0.717, 1.165) is 57.0 Å². The minimum Gasteiger partial charge on any atom is -0.361 e. The van der Waals surface area contributed by atoms with Crippen LogP contribution in [0.15, 0.2) is 85.1 Å². The van der Waals surface area contributed by atoms with E-state index in [4.69, 9.17) is 10.2 Å². The first kappa shape index (κ1) is 25.6. The largest absolute Gasteiger partial charge is 0.361 e. The molecule has 0 radical (unpaired) electrons. The lowest BCUT2D eigenvalue weighted by molar-refractivity contribution is 0.153. The summed E-state index contributed by atoms with van der Waals surface area (Å²) >= 11 is 0. The zero-order valence-corrected chi connectivity index (χ0v) is 23.0. The van der Waals surface area contributed by atoms with Crippen molar-refractivity contribution >= 4 is 10.9 Å². The predicted molar refractivity (Wildman–Crippen MR) is 159 cm³/mol. The summed E-state index contributed by atoms with van der Waals surface area (Å²) in [7, 11) is 0. The molecule has 0 saturated carbocycles. The van der Waals surface area contributed by atoms with Gasteiger partial charge in [-0.05, 0) is 73.5 Å². The standard InChI is InChI=1S/C34H39N5/c1-2-26-15-17-28(18-16-26)25-39-33(20-19-27-11-5-3-6-12-27)36-37-34(39)32(38-21-9-4-10-22-38)23-29-24-35-31-14-8-7-13-30(29)31/h3,5-8,11-18,24,32,35H,2,4,9-10,19-23,25H2,1H3/t32-/m1/s1. The molecule has 0 spiro atoms. The molecule has 0 bridgehead atoms. The van der Waals surface area contributed by atoms with E-state index in [2.05, 4.69) is 106 Å².